The number of benzene rings is 1. The smallest absolute Gasteiger partial charge is 0.321 e. The first-order valence-corrected chi connectivity index (χ1v) is 9.78. The Labute approximate surface area is 169 Å². The van der Waals surface area contributed by atoms with E-state index >= 15 is 0 Å². The van der Waals surface area contributed by atoms with Gasteiger partial charge in [-0.15, -0.1) is 0 Å². The molecule has 2 fully saturated rings. The summed E-state index contributed by atoms with van der Waals surface area (Å²) in [5, 5.41) is 3.56. The van der Waals surface area contributed by atoms with Gasteiger partial charge in [-0.05, 0) is 24.3 Å². The first-order chi connectivity index (χ1) is 13.7. The van der Waals surface area contributed by atoms with Crippen LogP contribution in [-0.4, -0.2) is 73.4 Å². The number of hydrogen-bond acceptors (Lipinski definition) is 6. The molecule has 2 aliphatic rings. The van der Waals surface area contributed by atoms with Crippen LogP contribution in [0.4, 0.5) is 22.1 Å². The predicted octanol–water partition coefficient (Wildman–Crippen LogP) is 2.32. The fourth-order valence-electron chi connectivity index (χ4n) is 3.35. The van der Waals surface area contributed by atoms with Crippen LogP contribution in [0.15, 0.2) is 36.7 Å². The number of urea groups is 1. The van der Waals surface area contributed by atoms with Crippen LogP contribution in [0.25, 0.3) is 0 Å². The zero-order chi connectivity index (χ0) is 19.3. The molecule has 28 heavy (non-hydrogen) atoms. The van der Waals surface area contributed by atoms with E-state index in [1.807, 2.05) is 11.0 Å². The van der Waals surface area contributed by atoms with Crippen molar-refractivity contribution in [2.24, 2.45) is 0 Å². The van der Waals surface area contributed by atoms with Gasteiger partial charge in [-0.1, -0.05) is 11.6 Å². The summed E-state index contributed by atoms with van der Waals surface area (Å²) in [5.41, 5.74) is 0.739. The van der Waals surface area contributed by atoms with Crippen molar-refractivity contribution in [2.45, 2.75) is 0 Å². The molecule has 0 radical (unpaired) electrons. The number of ether oxygens (including phenoxy) is 1. The Morgan fingerprint density at radius 1 is 0.929 bits per heavy atom. The number of halogens is 1. The molecule has 0 unspecified atom stereocenters. The van der Waals surface area contributed by atoms with Crippen LogP contribution in [0.5, 0.6) is 0 Å². The first kappa shape index (κ1) is 18.8. The Bertz CT molecular complexity index is 804. The van der Waals surface area contributed by atoms with Gasteiger partial charge in [0.25, 0.3) is 0 Å². The molecule has 0 spiro atoms. The quantitative estimate of drug-likeness (QED) is 0.849. The lowest BCUT2D eigenvalue weighted by atomic mass is 10.3. The van der Waals surface area contributed by atoms with Gasteiger partial charge in [0.05, 0.1) is 13.2 Å². The molecule has 4 rings (SSSR count). The molecule has 2 saturated heterocycles. The van der Waals surface area contributed by atoms with Gasteiger partial charge in [-0.25, -0.2) is 14.8 Å². The minimum atomic E-state index is -0.0985. The number of morpholine rings is 1. The number of amides is 2. The maximum atomic E-state index is 12.5. The van der Waals surface area contributed by atoms with Gasteiger partial charge in [0.15, 0.2) is 0 Å². The monoisotopic (exact) mass is 402 g/mol. The summed E-state index contributed by atoms with van der Waals surface area (Å²) in [6.45, 7) is 5.86. The lowest BCUT2D eigenvalue weighted by Gasteiger charge is -2.36. The Morgan fingerprint density at radius 3 is 2.18 bits per heavy atom. The van der Waals surface area contributed by atoms with Crippen LogP contribution < -0.4 is 15.1 Å². The lowest BCUT2D eigenvalue weighted by molar-refractivity contribution is 0.122. The van der Waals surface area contributed by atoms with Crippen LogP contribution in [-0.2, 0) is 4.74 Å². The highest BCUT2D eigenvalue weighted by molar-refractivity contribution is 6.30. The minimum absolute atomic E-state index is 0.0985. The second-order valence-electron chi connectivity index (χ2n) is 6.74. The number of nitrogens with zero attached hydrogens (tertiary/aromatic N) is 5. The third-order valence-corrected chi connectivity index (χ3v) is 5.21. The third kappa shape index (κ3) is 4.45. The molecular formula is C19H23ClN6O2. The summed E-state index contributed by atoms with van der Waals surface area (Å²) in [6, 6.07) is 9.04. The molecular weight excluding hydrogens is 380 g/mol. The molecule has 0 aliphatic carbocycles. The molecule has 1 N–H and O–H groups in total. The topological polar surface area (TPSA) is 73.8 Å². The number of hydrogen-bond donors (Lipinski definition) is 1. The van der Waals surface area contributed by atoms with E-state index in [1.54, 1.807) is 30.6 Å². The summed E-state index contributed by atoms with van der Waals surface area (Å²) in [5.74, 6) is 1.82. The van der Waals surface area contributed by atoms with Gasteiger partial charge >= 0.3 is 6.03 Å². The highest BCUT2D eigenvalue weighted by Crippen LogP contribution is 2.20. The molecule has 3 heterocycles. The summed E-state index contributed by atoms with van der Waals surface area (Å²) >= 11 is 5.88. The third-order valence-electron chi connectivity index (χ3n) is 4.96. The van der Waals surface area contributed by atoms with Crippen molar-refractivity contribution < 1.29 is 9.53 Å². The highest BCUT2D eigenvalue weighted by atomic mass is 35.5. The molecule has 8 nitrogen and oxygen atoms in total. The number of anilines is 3. The molecule has 1 aromatic heterocycles. The van der Waals surface area contributed by atoms with Gasteiger partial charge in [-0.3, -0.25) is 0 Å². The maximum Gasteiger partial charge on any atom is 0.321 e. The van der Waals surface area contributed by atoms with Crippen molar-refractivity contribution in [2.75, 3.05) is 67.6 Å². The lowest BCUT2D eigenvalue weighted by Crippen LogP contribution is -2.50. The number of aromatic nitrogens is 2. The molecule has 9 heteroatoms. The largest absolute Gasteiger partial charge is 0.378 e. The van der Waals surface area contributed by atoms with Gasteiger partial charge in [-0.2, -0.15) is 0 Å². The normalized spacial score (nSPS) is 17.5. The van der Waals surface area contributed by atoms with Crippen molar-refractivity contribution in [1.82, 2.24) is 14.9 Å². The van der Waals surface area contributed by atoms with E-state index in [0.717, 1.165) is 56.7 Å². The van der Waals surface area contributed by atoms with Crippen LogP contribution in [0.3, 0.4) is 0 Å². The van der Waals surface area contributed by atoms with E-state index in [0.29, 0.717) is 18.1 Å². The van der Waals surface area contributed by atoms with Gasteiger partial charge in [0.1, 0.15) is 18.0 Å². The number of nitrogens with one attached hydrogen (secondary N) is 1. The summed E-state index contributed by atoms with van der Waals surface area (Å²) in [6.07, 6.45) is 1.61. The van der Waals surface area contributed by atoms with Gasteiger partial charge in [0.2, 0.25) is 0 Å². The number of carbonyl (C=O) groups is 1. The number of carbonyl (C=O) groups excluding carboxylic acids is 1. The Balaban J connectivity index is 1.33. The van der Waals surface area contributed by atoms with Crippen molar-refractivity contribution in [3.8, 4) is 0 Å². The SMILES string of the molecule is O=C(Nc1ccc(Cl)cc1)N1CCN(c2cc(N3CCOCC3)ncn2)CC1. The van der Waals surface area contributed by atoms with E-state index in [2.05, 4.69) is 25.1 Å². The second-order valence-corrected chi connectivity index (χ2v) is 7.18. The molecule has 0 saturated carbocycles. The Hall–Kier alpha value is -2.58. The first-order valence-electron chi connectivity index (χ1n) is 9.40. The van der Waals surface area contributed by atoms with E-state index in [9.17, 15) is 4.79 Å². The van der Waals surface area contributed by atoms with Crippen molar-refractivity contribution in [3.63, 3.8) is 0 Å². The minimum Gasteiger partial charge on any atom is -0.378 e. The number of piperazine rings is 1. The molecule has 0 atom stereocenters. The van der Waals surface area contributed by atoms with Crippen molar-refractivity contribution in [1.29, 1.82) is 0 Å². The standard InChI is InChI=1S/C19H23ClN6O2/c20-15-1-3-16(4-2-15)23-19(27)26-7-5-24(6-8-26)17-13-18(22-14-21-17)25-9-11-28-12-10-25/h1-4,13-14H,5-12H2,(H,23,27). The fourth-order valence-corrected chi connectivity index (χ4v) is 3.48. The molecule has 0 bridgehead atoms. The summed E-state index contributed by atoms with van der Waals surface area (Å²) in [7, 11) is 0. The van der Waals surface area contributed by atoms with Crippen LogP contribution in [0.2, 0.25) is 5.02 Å². The van der Waals surface area contributed by atoms with Gasteiger partial charge < -0.3 is 24.8 Å². The average molecular weight is 403 g/mol. The average Bonchev–Trinajstić information content (AvgIpc) is 2.76. The highest BCUT2D eigenvalue weighted by Gasteiger charge is 2.23. The van der Waals surface area contributed by atoms with Crippen molar-refractivity contribution >= 4 is 35.0 Å². The molecule has 1 aromatic carbocycles. The maximum absolute atomic E-state index is 12.5. The van der Waals surface area contributed by atoms with Crippen LogP contribution in [0, 0.1) is 0 Å². The zero-order valence-corrected chi connectivity index (χ0v) is 16.3. The van der Waals surface area contributed by atoms with E-state index in [1.165, 1.54) is 0 Å². The summed E-state index contributed by atoms with van der Waals surface area (Å²) < 4.78 is 5.40. The van der Waals surface area contributed by atoms with E-state index in [4.69, 9.17) is 16.3 Å². The Kier molecular flexibility index (Phi) is 5.78. The van der Waals surface area contributed by atoms with Gasteiger partial charge in [0, 0.05) is 56.0 Å². The second kappa shape index (κ2) is 8.62. The number of rotatable bonds is 3. The van der Waals surface area contributed by atoms with Crippen LogP contribution >= 0.6 is 11.6 Å². The van der Waals surface area contributed by atoms with E-state index in [-0.39, 0.29) is 6.03 Å². The fraction of sp³-hybridized carbons (Fsp3) is 0.421. The molecule has 148 valence electrons. The molecule has 2 amide bonds. The predicted molar refractivity (Wildman–Crippen MR) is 109 cm³/mol. The summed E-state index contributed by atoms with van der Waals surface area (Å²) in [4.78, 5) is 27.5. The molecule has 2 aliphatic heterocycles. The van der Waals surface area contributed by atoms with Crippen LogP contribution in [0.1, 0.15) is 0 Å². The van der Waals surface area contributed by atoms with E-state index < -0.39 is 0 Å². The zero-order valence-electron chi connectivity index (χ0n) is 15.6. The molecule has 2 aromatic rings. The Morgan fingerprint density at radius 2 is 1.54 bits per heavy atom. The van der Waals surface area contributed by atoms with Crippen molar-refractivity contribution in [3.05, 3.63) is 41.7 Å².